The predicted molar refractivity (Wildman–Crippen MR) is 114 cm³/mol. The summed E-state index contributed by atoms with van der Waals surface area (Å²) < 4.78 is 31.2. The number of carbonyl (C=O) groups excluding carboxylic acids is 1. The van der Waals surface area contributed by atoms with Crippen LogP contribution in [0.4, 0.5) is 14.5 Å². The zero-order chi connectivity index (χ0) is 22.8. The van der Waals surface area contributed by atoms with E-state index in [1.54, 1.807) is 30.8 Å². The largest absolute Gasteiger partial charge is 0.323 e. The summed E-state index contributed by atoms with van der Waals surface area (Å²) in [4.78, 5) is 25.4. The first-order valence-electron chi connectivity index (χ1n) is 9.37. The van der Waals surface area contributed by atoms with Crippen LogP contribution >= 0.6 is 11.8 Å². The zero-order valence-electron chi connectivity index (χ0n) is 17.0. The summed E-state index contributed by atoms with van der Waals surface area (Å²) in [5.74, 6) is -2.32. The van der Waals surface area contributed by atoms with Gasteiger partial charge >= 0.3 is 0 Å². The molecule has 0 aliphatic rings. The van der Waals surface area contributed by atoms with Gasteiger partial charge in [0.05, 0.1) is 22.8 Å². The van der Waals surface area contributed by atoms with Gasteiger partial charge in [-0.2, -0.15) is 4.68 Å². The van der Waals surface area contributed by atoms with Crippen molar-refractivity contribution in [2.24, 2.45) is 7.05 Å². The van der Waals surface area contributed by atoms with Crippen molar-refractivity contribution in [1.29, 1.82) is 0 Å². The highest BCUT2D eigenvalue weighted by molar-refractivity contribution is 7.99. The molecule has 0 aliphatic carbocycles. The fourth-order valence-corrected chi connectivity index (χ4v) is 3.79. The van der Waals surface area contributed by atoms with Crippen molar-refractivity contribution < 1.29 is 13.6 Å². The number of tetrazole rings is 1. The highest BCUT2D eigenvalue weighted by Crippen LogP contribution is 2.21. The van der Waals surface area contributed by atoms with Crippen LogP contribution in [0.25, 0.3) is 11.4 Å². The van der Waals surface area contributed by atoms with Crippen LogP contribution in [0.15, 0.2) is 58.5 Å². The number of para-hydroxylation sites is 1. The average molecular weight is 457 g/mol. The Morgan fingerprint density at radius 1 is 1.16 bits per heavy atom. The Balaban J connectivity index is 1.57. The molecule has 0 aliphatic heterocycles. The number of hydrogen-bond donors (Lipinski definition) is 1. The van der Waals surface area contributed by atoms with E-state index in [0.29, 0.717) is 17.4 Å². The molecule has 4 rings (SSSR count). The number of rotatable bonds is 6. The smallest absolute Gasteiger partial charge is 0.297 e. The first-order valence-corrected chi connectivity index (χ1v) is 10.4. The topological polar surface area (TPSA) is 99.6 Å². The number of aromatic nitrogens is 6. The van der Waals surface area contributed by atoms with Gasteiger partial charge in [-0.1, -0.05) is 30.0 Å². The fourth-order valence-electron chi connectivity index (χ4n) is 3.11. The Kier molecular flexibility index (Phi) is 5.86. The minimum absolute atomic E-state index is 0.138. The molecule has 1 N–H and O–H groups in total. The quantitative estimate of drug-likeness (QED) is 0.447. The standard InChI is InChI=1S/C20H17F2N7O2S/c1-12-18(19(31)29(27(12)2)14-6-4-3-5-7-14)28-20(24-25-26-28)32-11-17(30)23-16-9-8-13(21)10-15(16)22/h3-10H,11H2,1-2H3,(H,23,30). The number of anilines is 1. The number of nitrogens with zero attached hydrogens (tertiary/aromatic N) is 6. The molecule has 0 atom stereocenters. The Bertz CT molecular complexity index is 1350. The van der Waals surface area contributed by atoms with Crippen LogP contribution in [0.3, 0.4) is 0 Å². The number of carbonyl (C=O) groups is 1. The number of benzene rings is 2. The van der Waals surface area contributed by atoms with E-state index in [1.165, 1.54) is 9.36 Å². The Morgan fingerprint density at radius 3 is 2.62 bits per heavy atom. The minimum Gasteiger partial charge on any atom is -0.323 e. The number of hydrogen-bond acceptors (Lipinski definition) is 6. The number of thioether (sulfide) groups is 1. The number of nitrogens with one attached hydrogen (secondary N) is 1. The second-order valence-electron chi connectivity index (χ2n) is 6.74. The average Bonchev–Trinajstić information content (AvgIpc) is 3.31. The van der Waals surface area contributed by atoms with Crippen molar-refractivity contribution in [3.05, 3.63) is 76.2 Å². The molecule has 0 saturated carbocycles. The van der Waals surface area contributed by atoms with Gasteiger partial charge in [0.1, 0.15) is 11.6 Å². The molecule has 0 saturated heterocycles. The van der Waals surface area contributed by atoms with Gasteiger partial charge < -0.3 is 5.32 Å². The lowest BCUT2D eigenvalue weighted by Crippen LogP contribution is -2.22. The van der Waals surface area contributed by atoms with Crippen LogP contribution in [0, 0.1) is 18.6 Å². The van der Waals surface area contributed by atoms with Crippen molar-refractivity contribution >= 4 is 23.4 Å². The molecule has 32 heavy (non-hydrogen) atoms. The molecule has 164 valence electrons. The van der Waals surface area contributed by atoms with Gasteiger partial charge in [0.25, 0.3) is 5.56 Å². The summed E-state index contributed by atoms with van der Waals surface area (Å²) in [6.07, 6.45) is 0. The predicted octanol–water partition coefficient (Wildman–Crippen LogP) is 2.47. The van der Waals surface area contributed by atoms with E-state index >= 15 is 0 Å². The molecule has 2 aromatic heterocycles. The molecule has 2 heterocycles. The van der Waals surface area contributed by atoms with Gasteiger partial charge in [0, 0.05) is 13.1 Å². The highest BCUT2D eigenvalue weighted by atomic mass is 32.2. The van der Waals surface area contributed by atoms with Crippen LogP contribution in [0.1, 0.15) is 5.69 Å². The van der Waals surface area contributed by atoms with Gasteiger partial charge in [-0.3, -0.25) is 14.3 Å². The van der Waals surface area contributed by atoms with Gasteiger partial charge in [-0.15, -0.1) is 5.10 Å². The summed E-state index contributed by atoms with van der Waals surface area (Å²) in [7, 11) is 1.75. The maximum Gasteiger partial charge on any atom is 0.297 e. The van der Waals surface area contributed by atoms with Crippen molar-refractivity contribution in [2.45, 2.75) is 12.1 Å². The molecule has 1 amide bonds. The van der Waals surface area contributed by atoms with E-state index in [0.717, 1.165) is 23.9 Å². The summed E-state index contributed by atoms with van der Waals surface area (Å²) in [6.45, 7) is 1.76. The van der Waals surface area contributed by atoms with E-state index < -0.39 is 17.5 Å². The summed E-state index contributed by atoms with van der Waals surface area (Å²) >= 11 is 0.974. The molecular formula is C20H17F2N7O2S. The molecular weight excluding hydrogens is 440 g/mol. The van der Waals surface area contributed by atoms with E-state index in [1.807, 2.05) is 18.2 Å². The van der Waals surface area contributed by atoms with Crippen molar-refractivity contribution in [3.63, 3.8) is 0 Å². The van der Waals surface area contributed by atoms with Gasteiger partial charge in [-0.05, 0) is 41.6 Å². The van der Waals surface area contributed by atoms with E-state index in [-0.39, 0.29) is 27.8 Å². The van der Waals surface area contributed by atoms with Gasteiger partial charge in [-0.25, -0.2) is 13.5 Å². The minimum atomic E-state index is -0.880. The van der Waals surface area contributed by atoms with Crippen molar-refractivity contribution in [3.8, 4) is 11.4 Å². The van der Waals surface area contributed by atoms with E-state index in [4.69, 9.17) is 0 Å². The van der Waals surface area contributed by atoms with Crippen LogP contribution in [-0.2, 0) is 11.8 Å². The molecule has 0 radical (unpaired) electrons. The second kappa shape index (κ2) is 8.75. The first kappa shape index (κ1) is 21.4. The van der Waals surface area contributed by atoms with Crippen LogP contribution < -0.4 is 10.9 Å². The maximum absolute atomic E-state index is 13.7. The van der Waals surface area contributed by atoms with E-state index in [2.05, 4.69) is 20.8 Å². The third kappa shape index (κ3) is 4.04. The second-order valence-corrected chi connectivity index (χ2v) is 7.69. The normalized spacial score (nSPS) is 11.0. The zero-order valence-corrected chi connectivity index (χ0v) is 17.8. The highest BCUT2D eigenvalue weighted by Gasteiger charge is 2.22. The SMILES string of the molecule is Cc1c(-n2nnnc2SCC(=O)Nc2ccc(F)cc2F)c(=O)n(-c2ccccc2)n1C. The van der Waals surface area contributed by atoms with Crippen molar-refractivity contribution in [2.75, 3.05) is 11.1 Å². The molecule has 12 heteroatoms. The lowest BCUT2D eigenvalue weighted by molar-refractivity contribution is -0.113. The number of amides is 1. The molecule has 9 nitrogen and oxygen atoms in total. The van der Waals surface area contributed by atoms with Gasteiger partial charge in [0.15, 0.2) is 5.69 Å². The van der Waals surface area contributed by atoms with Gasteiger partial charge in [0.2, 0.25) is 11.1 Å². The Hall–Kier alpha value is -3.80. The molecule has 0 fully saturated rings. The summed E-state index contributed by atoms with van der Waals surface area (Å²) in [6, 6.07) is 12.0. The van der Waals surface area contributed by atoms with Crippen LogP contribution in [-0.4, -0.2) is 41.2 Å². The Morgan fingerprint density at radius 2 is 1.91 bits per heavy atom. The first-order chi connectivity index (χ1) is 15.4. The third-order valence-corrected chi connectivity index (χ3v) is 5.63. The number of halogens is 2. The van der Waals surface area contributed by atoms with E-state index in [9.17, 15) is 18.4 Å². The van der Waals surface area contributed by atoms with Crippen LogP contribution in [0.2, 0.25) is 0 Å². The summed E-state index contributed by atoms with van der Waals surface area (Å²) in [5, 5.41) is 14.0. The third-order valence-electron chi connectivity index (χ3n) is 4.71. The lowest BCUT2D eigenvalue weighted by atomic mass is 10.3. The summed E-state index contributed by atoms with van der Waals surface area (Å²) in [5.41, 5.74) is 1.07. The van der Waals surface area contributed by atoms with Crippen molar-refractivity contribution in [1.82, 2.24) is 29.6 Å². The molecule has 4 aromatic rings. The molecule has 0 spiro atoms. The monoisotopic (exact) mass is 457 g/mol. The lowest BCUT2D eigenvalue weighted by Gasteiger charge is -2.07. The molecule has 0 unspecified atom stereocenters. The fraction of sp³-hybridized carbons (Fsp3) is 0.150. The maximum atomic E-state index is 13.7. The van der Waals surface area contributed by atoms with Crippen LogP contribution in [0.5, 0.6) is 0 Å². The Labute approximate surface area is 184 Å². The molecule has 0 bridgehead atoms. The molecule has 2 aromatic carbocycles.